The summed E-state index contributed by atoms with van der Waals surface area (Å²) in [6, 6.07) is 19.4. The molecule has 0 saturated heterocycles. The summed E-state index contributed by atoms with van der Waals surface area (Å²) in [5, 5.41) is 53.9. The summed E-state index contributed by atoms with van der Waals surface area (Å²) in [5.74, 6) is -1.40. The van der Waals surface area contributed by atoms with Crippen LogP contribution in [0.2, 0.25) is 0 Å². The van der Waals surface area contributed by atoms with E-state index in [-0.39, 0.29) is 40.6 Å². The van der Waals surface area contributed by atoms with Crippen LogP contribution in [0.4, 0.5) is 0 Å². The summed E-state index contributed by atoms with van der Waals surface area (Å²) in [5.41, 5.74) is 3.98. The van der Waals surface area contributed by atoms with Crippen LogP contribution < -0.4 is 9.47 Å². The average molecular weight is 563 g/mol. The minimum atomic E-state index is -1.57. The van der Waals surface area contributed by atoms with Crippen molar-refractivity contribution in [3.63, 3.8) is 0 Å². The third-order valence-corrected chi connectivity index (χ3v) is 8.78. The standard InChI is InChI=1S/C34H26O8/c1-16-8-23-22-6-4-21(37)15-30(22)41-34(25-7-5-19(35)13-26(25)38)33(23)24(9-16)32-27(39)10-18(12-31(32)42-34)28-11-17-2-3-20(36)14-29(17)40-28/h2-7,9-15,23-24,33,35-39H,8H2,1H3/t23-,24?,33?,34?/m0/s1. The Labute approximate surface area is 239 Å². The summed E-state index contributed by atoms with van der Waals surface area (Å²) in [4.78, 5) is 0. The number of phenolic OH excluding ortho intramolecular Hbond substituents is 5. The number of ether oxygens (including phenoxy) is 2. The summed E-state index contributed by atoms with van der Waals surface area (Å²) < 4.78 is 19.5. The quantitative estimate of drug-likeness (QED) is 0.144. The van der Waals surface area contributed by atoms with E-state index in [9.17, 15) is 25.5 Å². The fourth-order valence-corrected chi connectivity index (χ4v) is 7.11. The maximum absolute atomic E-state index is 11.5. The lowest BCUT2D eigenvalue weighted by atomic mass is 9.61. The molecule has 0 saturated carbocycles. The minimum Gasteiger partial charge on any atom is -0.508 e. The zero-order chi connectivity index (χ0) is 28.9. The maximum atomic E-state index is 11.5. The number of hydrogen-bond donors (Lipinski definition) is 5. The highest BCUT2D eigenvalue weighted by Gasteiger charge is 2.61. The van der Waals surface area contributed by atoms with Crippen molar-refractivity contribution in [1.29, 1.82) is 0 Å². The van der Waals surface area contributed by atoms with E-state index in [1.165, 1.54) is 18.2 Å². The first-order valence-corrected chi connectivity index (χ1v) is 13.7. The van der Waals surface area contributed by atoms with E-state index in [4.69, 9.17) is 13.9 Å². The van der Waals surface area contributed by atoms with Crippen molar-refractivity contribution in [2.75, 3.05) is 0 Å². The number of fused-ring (bicyclic) bond motifs is 5. The van der Waals surface area contributed by atoms with Crippen molar-refractivity contribution >= 4 is 11.0 Å². The Balaban J connectivity index is 1.38. The van der Waals surface area contributed by atoms with Gasteiger partial charge in [-0.2, -0.15) is 0 Å². The van der Waals surface area contributed by atoms with E-state index in [2.05, 4.69) is 13.0 Å². The largest absolute Gasteiger partial charge is 0.508 e. The van der Waals surface area contributed by atoms with Crippen molar-refractivity contribution in [1.82, 2.24) is 0 Å². The fraction of sp³-hybridized carbons (Fsp3) is 0.176. The molecule has 5 aromatic rings. The summed E-state index contributed by atoms with van der Waals surface area (Å²) in [6.45, 7) is 2.05. The van der Waals surface area contributed by atoms with Crippen LogP contribution in [-0.2, 0) is 5.79 Å². The first-order valence-electron chi connectivity index (χ1n) is 13.7. The third-order valence-electron chi connectivity index (χ3n) is 8.78. The van der Waals surface area contributed by atoms with Crippen molar-refractivity contribution in [2.45, 2.75) is 31.0 Å². The van der Waals surface area contributed by atoms with Gasteiger partial charge in [-0.1, -0.05) is 17.7 Å². The Kier molecular flexibility index (Phi) is 4.90. The summed E-state index contributed by atoms with van der Waals surface area (Å²) in [7, 11) is 0. The Hall–Kier alpha value is -5.24. The molecule has 0 amide bonds. The maximum Gasteiger partial charge on any atom is 0.285 e. The van der Waals surface area contributed by atoms with Gasteiger partial charge >= 0.3 is 0 Å². The molecule has 4 atom stereocenters. The molecule has 0 fully saturated rings. The molecule has 3 unspecified atom stereocenters. The number of benzene rings is 4. The van der Waals surface area contributed by atoms with Gasteiger partial charge in [0.05, 0.1) is 11.5 Å². The number of furan rings is 1. The Bertz CT molecular complexity index is 1970. The van der Waals surface area contributed by atoms with Crippen molar-refractivity contribution in [2.24, 2.45) is 5.92 Å². The zero-order valence-electron chi connectivity index (χ0n) is 22.4. The molecule has 1 aliphatic carbocycles. The van der Waals surface area contributed by atoms with Crippen LogP contribution in [0.15, 0.2) is 88.9 Å². The second kappa shape index (κ2) is 8.39. The van der Waals surface area contributed by atoms with Gasteiger partial charge in [0, 0.05) is 46.5 Å². The third kappa shape index (κ3) is 3.41. The van der Waals surface area contributed by atoms with Gasteiger partial charge in [0.25, 0.3) is 5.79 Å². The first kappa shape index (κ1) is 24.5. The van der Waals surface area contributed by atoms with Crippen molar-refractivity contribution < 1.29 is 39.4 Å². The molecule has 3 aliphatic rings. The monoisotopic (exact) mass is 562 g/mol. The van der Waals surface area contributed by atoms with E-state index < -0.39 is 11.7 Å². The van der Waals surface area contributed by atoms with Gasteiger partial charge in [0.15, 0.2) is 0 Å². The number of aromatic hydroxyl groups is 5. The molecular weight excluding hydrogens is 536 g/mol. The highest BCUT2D eigenvalue weighted by Crippen LogP contribution is 2.65. The lowest BCUT2D eigenvalue weighted by Gasteiger charge is -2.55. The Morgan fingerprint density at radius 2 is 1.48 bits per heavy atom. The molecule has 210 valence electrons. The molecule has 4 aromatic carbocycles. The molecule has 1 aromatic heterocycles. The molecular formula is C34H26O8. The second-order valence-electron chi connectivity index (χ2n) is 11.4. The van der Waals surface area contributed by atoms with Crippen LogP contribution >= 0.6 is 0 Å². The van der Waals surface area contributed by atoms with Crippen LogP contribution in [-0.4, -0.2) is 25.5 Å². The van der Waals surface area contributed by atoms with Gasteiger partial charge in [-0.3, -0.25) is 0 Å². The molecule has 8 nitrogen and oxygen atoms in total. The van der Waals surface area contributed by atoms with Crippen molar-refractivity contribution in [3.8, 4) is 51.6 Å². The van der Waals surface area contributed by atoms with Crippen LogP contribution in [0.25, 0.3) is 22.3 Å². The number of allylic oxidation sites excluding steroid dienone is 2. The highest BCUT2D eigenvalue weighted by atomic mass is 16.7. The molecule has 8 heteroatoms. The highest BCUT2D eigenvalue weighted by molar-refractivity contribution is 5.84. The molecule has 3 heterocycles. The van der Waals surface area contributed by atoms with Gasteiger partial charge in [-0.05, 0) is 67.4 Å². The molecule has 0 radical (unpaired) electrons. The SMILES string of the molecule is CC1=CC2c3c(O)cc(-c4cc5ccc(O)cc5o4)cc3OC3(c4ccc(O)cc4O)Oc4cc(O)ccc4[C@H](C1)C23. The average Bonchev–Trinajstić information content (AvgIpc) is 3.35. The molecule has 42 heavy (non-hydrogen) atoms. The molecule has 0 bridgehead atoms. The smallest absolute Gasteiger partial charge is 0.285 e. The molecule has 8 rings (SSSR count). The fourth-order valence-electron chi connectivity index (χ4n) is 7.11. The summed E-state index contributed by atoms with van der Waals surface area (Å²) in [6.07, 6.45) is 2.80. The van der Waals surface area contributed by atoms with E-state index in [1.807, 2.05) is 12.1 Å². The van der Waals surface area contributed by atoms with E-state index in [0.717, 1.165) is 16.5 Å². The Morgan fingerprint density at radius 3 is 2.31 bits per heavy atom. The number of phenols is 5. The predicted molar refractivity (Wildman–Crippen MR) is 153 cm³/mol. The van der Waals surface area contributed by atoms with Gasteiger partial charge in [-0.15, -0.1) is 0 Å². The van der Waals surface area contributed by atoms with Gasteiger partial charge in [-0.25, -0.2) is 0 Å². The zero-order valence-corrected chi connectivity index (χ0v) is 22.4. The van der Waals surface area contributed by atoms with Crippen LogP contribution in [0.5, 0.6) is 40.2 Å². The molecule has 0 spiro atoms. The number of hydrogen-bond acceptors (Lipinski definition) is 8. The van der Waals surface area contributed by atoms with Crippen LogP contribution in [0.3, 0.4) is 0 Å². The van der Waals surface area contributed by atoms with E-state index in [0.29, 0.717) is 46.0 Å². The molecule has 5 N–H and O–H groups in total. The molecule has 2 aliphatic heterocycles. The van der Waals surface area contributed by atoms with Crippen molar-refractivity contribution in [3.05, 3.63) is 101 Å². The lowest BCUT2D eigenvalue weighted by Crippen LogP contribution is -2.56. The van der Waals surface area contributed by atoms with E-state index in [1.54, 1.807) is 42.5 Å². The summed E-state index contributed by atoms with van der Waals surface area (Å²) >= 11 is 0. The van der Waals surface area contributed by atoms with Gasteiger partial charge < -0.3 is 39.4 Å². The van der Waals surface area contributed by atoms with Crippen LogP contribution in [0, 0.1) is 5.92 Å². The first-order chi connectivity index (χ1) is 20.2. The van der Waals surface area contributed by atoms with Gasteiger partial charge in [0.2, 0.25) is 0 Å². The lowest BCUT2D eigenvalue weighted by molar-refractivity contribution is -0.198. The minimum absolute atomic E-state index is 0.0283. The van der Waals surface area contributed by atoms with E-state index >= 15 is 0 Å². The van der Waals surface area contributed by atoms with Gasteiger partial charge in [0.1, 0.15) is 51.6 Å². The topological polar surface area (TPSA) is 133 Å². The normalized spacial score (nSPS) is 23.6. The van der Waals surface area contributed by atoms with Crippen LogP contribution in [0.1, 0.15) is 41.9 Å². The predicted octanol–water partition coefficient (Wildman–Crippen LogP) is 7.10. The second-order valence-corrected chi connectivity index (χ2v) is 11.4. The number of rotatable bonds is 2. The Morgan fingerprint density at radius 1 is 0.738 bits per heavy atom.